The van der Waals surface area contributed by atoms with E-state index >= 15 is 4.39 Å². The van der Waals surface area contributed by atoms with Gasteiger partial charge in [0.2, 0.25) is 0 Å². The number of nitrogens with zero attached hydrogens (tertiary/aromatic N) is 1. The Morgan fingerprint density at radius 1 is 0.509 bits per heavy atom. The molecule has 0 aliphatic carbocycles. The summed E-state index contributed by atoms with van der Waals surface area (Å²) in [6.45, 7) is 9.01. The maximum absolute atomic E-state index is 15.9. The Labute approximate surface area is 311 Å². The van der Waals surface area contributed by atoms with Crippen molar-refractivity contribution in [1.29, 1.82) is 0 Å². The van der Waals surface area contributed by atoms with Crippen LogP contribution in [0.2, 0.25) is 0 Å². The fourth-order valence-corrected chi connectivity index (χ4v) is 5.99. The van der Waals surface area contributed by atoms with Crippen LogP contribution in [0.1, 0.15) is 77.8 Å². The number of benzene rings is 4. The monoisotopic (exact) mass is 795 g/mol. The van der Waals surface area contributed by atoms with Crippen LogP contribution in [0.5, 0.6) is 17.2 Å². The summed E-state index contributed by atoms with van der Waals surface area (Å²) < 4.78 is 181. The van der Waals surface area contributed by atoms with Gasteiger partial charge >= 0.3 is 7.32 Å². The van der Waals surface area contributed by atoms with Crippen molar-refractivity contribution in [3.05, 3.63) is 124 Å². The molecule has 0 saturated heterocycles. The zero-order chi connectivity index (χ0) is 41.0. The molecule has 1 unspecified atom stereocenters. The summed E-state index contributed by atoms with van der Waals surface area (Å²) in [5.74, 6) is -21.5. The van der Waals surface area contributed by atoms with Gasteiger partial charge in [-0.15, -0.1) is 12.1 Å². The SMILES string of the molecule is CCCCCCCC(c1c(OB(Oc2cc(F)c(F)c(F)c2)Oc2cc(F)c(F)c(F)c2)cc(F)c(F)c1F)[N+](CC)(CC)CC.Fc1c[c-]cc(F)c1F. The van der Waals surface area contributed by atoms with Crippen molar-refractivity contribution >= 4 is 7.32 Å². The largest absolute Gasteiger partial charge is 0.864 e. The molecule has 0 amide bonds. The average Bonchev–Trinajstić information content (AvgIpc) is 3.14. The lowest BCUT2D eigenvalue weighted by Gasteiger charge is -2.44. The molecule has 4 aromatic rings. The number of hydrogen-bond donors (Lipinski definition) is 0. The Bertz CT molecular complexity index is 1760. The normalized spacial score (nSPS) is 11.9. The van der Waals surface area contributed by atoms with Gasteiger partial charge < -0.3 is 18.4 Å². The summed E-state index contributed by atoms with van der Waals surface area (Å²) in [6, 6.07) is 4.85. The second kappa shape index (κ2) is 20.4. The first-order valence-electron chi connectivity index (χ1n) is 17.4. The first-order valence-corrected chi connectivity index (χ1v) is 17.4. The van der Waals surface area contributed by atoms with Crippen LogP contribution < -0.4 is 14.0 Å². The van der Waals surface area contributed by atoms with E-state index in [2.05, 4.69) is 6.07 Å². The maximum atomic E-state index is 15.9. The molecule has 0 fully saturated rings. The van der Waals surface area contributed by atoms with E-state index in [0.29, 0.717) is 62.8 Å². The highest BCUT2D eigenvalue weighted by molar-refractivity contribution is 6.39. The standard InChI is InChI=1S/C32H36BF9NO3.C6H2F3/c1-5-9-10-11-12-13-26(43(6-2,7-3)8-4)28-27(18-25(38)31(41)32(28)42)46-33(44-19-14-21(34)29(39)22(35)15-19)45-20-16-23(36)30(40)24(37)17-20;7-4-2-1-3-5(8)6(4)9/h14-18,26H,5-13H2,1-4H3;2-3H/q+1;-1. The van der Waals surface area contributed by atoms with Crippen molar-refractivity contribution in [3.8, 4) is 17.2 Å². The molecule has 0 bridgehead atoms. The van der Waals surface area contributed by atoms with E-state index < -0.39 is 100 Å². The Hall–Kier alpha value is -4.54. The van der Waals surface area contributed by atoms with Crippen molar-refractivity contribution in [2.45, 2.75) is 72.3 Å². The molecular formula is C38H38BF12NO3. The highest BCUT2D eigenvalue weighted by atomic mass is 19.2. The fraction of sp³-hybridized carbons (Fsp3) is 0.368. The van der Waals surface area contributed by atoms with Crippen molar-refractivity contribution in [2.75, 3.05) is 19.6 Å². The van der Waals surface area contributed by atoms with Gasteiger partial charge in [0.25, 0.3) is 0 Å². The lowest BCUT2D eigenvalue weighted by molar-refractivity contribution is -0.953. The van der Waals surface area contributed by atoms with Gasteiger partial charge in [-0.05, 0) is 27.2 Å². The number of hydrogen-bond acceptors (Lipinski definition) is 3. The fourth-order valence-electron chi connectivity index (χ4n) is 5.99. The first kappa shape index (κ1) is 44.9. The molecule has 0 heterocycles. The van der Waals surface area contributed by atoms with Crippen molar-refractivity contribution in [2.24, 2.45) is 0 Å². The minimum Gasteiger partial charge on any atom is -0.489 e. The van der Waals surface area contributed by atoms with Gasteiger partial charge in [-0.3, -0.25) is 8.78 Å². The van der Waals surface area contributed by atoms with E-state index in [4.69, 9.17) is 14.0 Å². The lowest BCUT2D eigenvalue weighted by atomic mass is 9.93. The molecule has 0 aromatic heterocycles. The molecule has 0 N–H and O–H groups in total. The van der Waals surface area contributed by atoms with Crippen LogP contribution in [0.25, 0.3) is 0 Å². The Balaban J connectivity index is 0.000000788. The molecule has 1 atom stereocenters. The van der Waals surface area contributed by atoms with E-state index in [0.717, 1.165) is 37.8 Å². The zero-order valence-corrected chi connectivity index (χ0v) is 30.3. The smallest absolute Gasteiger partial charge is 0.489 e. The summed E-state index contributed by atoms with van der Waals surface area (Å²) in [4.78, 5) is 0. The van der Waals surface area contributed by atoms with Crippen LogP contribution in [-0.4, -0.2) is 31.4 Å². The molecule has 300 valence electrons. The Morgan fingerprint density at radius 2 is 0.927 bits per heavy atom. The van der Waals surface area contributed by atoms with E-state index in [1.54, 1.807) is 0 Å². The number of halogens is 12. The minimum absolute atomic E-state index is 0.223. The average molecular weight is 796 g/mol. The highest BCUT2D eigenvalue weighted by Crippen LogP contribution is 2.42. The van der Waals surface area contributed by atoms with Crippen LogP contribution >= 0.6 is 0 Å². The number of quaternary nitrogens is 1. The van der Waals surface area contributed by atoms with Gasteiger partial charge in [0.15, 0.2) is 52.4 Å². The highest BCUT2D eigenvalue weighted by Gasteiger charge is 2.42. The minimum atomic E-state index is -2.33. The van der Waals surface area contributed by atoms with Crippen LogP contribution in [0.3, 0.4) is 0 Å². The molecule has 0 saturated carbocycles. The molecule has 4 aromatic carbocycles. The van der Waals surface area contributed by atoms with Crippen LogP contribution in [0, 0.1) is 75.9 Å². The lowest BCUT2D eigenvalue weighted by Crippen LogP contribution is -2.51. The number of unbranched alkanes of at least 4 members (excludes halogenated alkanes) is 4. The molecule has 0 aliphatic heterocycles. The van der Waals surface area contributed by atoms with Gasteiger partial charge in [0.1, 0.15) is 23.3 Å². The first-order chi connectivity index (χ1) is 26.0. The summed E-state index contributed by atoms with van der Waals surface area (Å²) >= 11 is 0. The van der Waals surface area contributed by atoms with Gasteiger partial charge in [0, 0.05) is 48.4 Å². The van der Waals surface area contributed by atoms with Crippen LogP contribution in [0.15, 0.2) is 42.5 Å². The molecule has 17 heteroatoms. The topological polar surface area (TPSA) is 27.7 Å². The predicted molar refractivity (Wildman–Crippen MR) is 180 cm³/mol. The quantitative estimate of drug-likeness (QED) is 0.0266. The van der Waals surface area contributed by atoms with Crippen molar-refractivity contribution < 1.29 is 71.1 Å². The van der Waals surface area contributed by atoms with Gasteiger partial charge in [0.05, 0.1) is 31.0 Å². The van der Waals surface area contributed by atoms with Crippen LogP contribution in [0.4, 0.5) is 52.7 Å². The molecule has 55 heavy (non-hydrogen) atoms. The molecule has 0 spiro atoms. The third-order valence-corrected chi connectivity index (χ3v) is 9.07. The summed E-state index contributed by atoms with van der Waals surface area (Å²) in [5.41, 5.74) is -0.384. The van der Waals surface area contributed by atoms with E-state index in [1.165, 1.54) is 0 Å². The molecule has 4 rings (SSSR count). The van der Waals surface area contributed by atoms with Crippen molar-refractivity contribution in [3.63, 3.8) is 0 Å². The summed E-state index contributed by atoms with van der Waals surface area (Å²) in [5, 5.41) is 0. The number of rotatable bonds is 17. The molecule has 0 radical (unpaired) electrons. The predicted octanol–water partition coefficient (Wildman–Crippen LogP) is 11.6. The van der Waals surface area contributed by atoms with Gasteiger partial charge in [-0.25, -0.2) is 43.9 Å². The summed E-state index contributed by atoms with van der Waals surface area (Å²) in [7, 11) is -2.33. The molecule has 4 nitrogen and oxygen atoms in total. The molecule has 0 aliphatic rings. The second-order valence-corrected chi connectivity index (χ2v) is 12.3. The third-order valence-electron chi connectivity index (χ3n) is 9.07. The van der Waals surface area contributed by atoms with Gasteiger partial charge in [-0.2, -0.15) is 6.07 Å². The van der Waals surface area contributed by atoms with Crippen molar-refractivity contribution in [1.82, 2.24) is 0 Å². The van der Waals surface area contributed by atoms with Crippen LogP contribution in [-0.2, 0) is 0 Å². The van der Waals surface area contributed by atoms with E-state index in [9.17, 15) is 48.3 Å². The van der Waals surface area contributed by atoms with Gasteiger partial charge in [-0.1, -0.05) is 32.6 Å². The molecular weight excluding hydrogens is 757 g/mol. The van der Waals surface area contributed by atoms with E-state index in [1.807, 2.05) is 27.7 Å². The Kier molecular flexibility index (Phi) is 16.6. The maximum Gasteiger partial charge on any atom is 0.864 e. The second-order valence-electron chi connectivity index (χ2n) is 12.3. The zero-order valence-electron chi connectivity index (χ0n) is 30.3. The Morgan fingerprint density at radius 3 is 1.35 bits per heavy atom. The third kappa shape index (κ3) is 11.3. The summed E-state index contributed by atoms with van der Waals surface area (Å²) in [6.07, 6.45) is 4.55. The van der Waals surface area contributed by atoms with E-state index in [-0.39, 0.29) is 10.0 Å².